The van der Waals surface area contributed by atoms with Crippen LogP contribution in [0, 0.1) is 0 Å². The van der Waals surface area contributed by atoms with Crippen LogP contribution < -0.4 is 10.5 Å². The van der Waals surface area contributed by atoms with Crippen molar-refractivity contribution in [2.75, 3.05) is 18.6 Å². The van der Waals surface area contributed by atoms with E-state index in [1.54, 1.807) is 7.11 Å². The Hall–Kier alpha value is -2.29. The van der Waals surface area contributed by atoms with Gasteiger partial charge in [-0.25, -0.2) is 0 Å². The molecule has 0 saturated heterocycles. The molecule has 42 heavy (non-hydrogen) atoms. The molecule has 2 aromatic rings. The lowest BCUT2D eigenvalue weighted by Crippen LogP contribution is -2.36. The van der Waals surface area contributed by atoms with Crippen molar-refractivity contribution in [2.45, 2.75) is 107 Å². The third-order valence-corrected chi connectivity index (χ3v) is 9.49. The molecule has 1 amide bonds. The second-order valence-electron chi connectivity index (χ2n) is 11.3. The number of hydrogen-bond acceptors (Lipinski definition) is 3. The van der Waals surface area contributed by atoms with Crippen molar-refractivity contribution < 1.29 is 31.5 Å². The number of ether oxygens (including phenoxy) is 1. The Morgan fingerprint density at radius 1 is 0.881 bits per heavy atom. The number of nitrogens with two attached hydrogens (primary N) is 1. The van der Waals surface area contributed by atoms with Crippen LogP contribution in [0.1, 0.15) is 116 Å². The van der Waals surface area contributed by atoms with Crippen LogP contribution in [0.25, 0.3) is 0 Å². The SMILES string of the molecule is COc1ccc2c(c1)CCC(c1ccc(C(N)=O)cc1)C2CCCCCCCCCCSCCCC(F)(F)C(F)(F)F. The molecule has 2 N–H and O–H groups in total. The molecular weight excluding hydrogens is 569 g/mol. The monoisotopic (exact) mass is 613 g/mol. The molecule has 0 aromatic heterocycles. The van der Waals surface area contributed by atoms with Crippen LogP contribution in [-0.4, -0.2) is 36.6 Å². The average molecular weight is 614 g/mol. The lowest BCUT2D eigenvalue weighted by molar-refractivity contribution is -0.284. The van der Waals surface area contributed by atoms with Crippen LogP contribution in [0.3, 0.4) is 0 Å². The van der Waals surface area contributed by atoms with E-state index < -0.39 is 24.4 Å². The van der Waals surface area contributed by atoms with E-state index in [1.165, 1.54) is 47.7 Å². The number of rotatable bonds is 18. The highest BCUT2D eigenvalue weighted by molar-refractivity contribution is 7.99. The Bertz CT molecular complexity index is 1110. The van der Waals surface area contributed by atoms with Crippen LogP contribution >= 0.6 is 11.8 Å². The highest BCUT2D eigenvalue weighted by Crippen LogP contribution is 2.46. The molecule has 0 radical (unpaired) electrons. The first-order valence-electron chi connectivity index (χ1n) is 15.1. The number of fused-ring (bicyclic) bond motifs is 1. The molecule has 2 unspecified atom stereocenters. The van der Waals surface area contributed by atoms with E-state index in [-0.39, 0.29) is 6.42 Å². The Kier molecular flexibility index (Phi) is 13.5. The number of halogens is 5. The highest BCUT2D eigenvalue weighted by atomic mass is 32.2. The number of benzene rings is 2. The Balaban J connectivity index is 1.35. The summed E-state index contributed by atoms with van der Waals surface area (Å²) >= 11 is 1.46. The molecule has 234 valence electrons. The number of hydrogen-bond donors (Lipinski definition) is 1. The van der Waals surface area contributed by atoms with Gasteiger partial charge in [-0.2, -0.15) is 33.7 Å². The van der Waals surface area contributed by atoms with Crippen molar-refractivity contribution in [2.24, 2.45) is 5.73 Å². The van der Waals surface area contributed by atoms with Crippen LogP contribution in [0.4, 0.5) is 22.0 Å². The summed E-state index contributed by atoms with van der Waals surface area (Å²) in [4.78, 5) is 11.5. The van der Waals surface area contributed by atoms with E-state index >= 15 is 0 Å². The molecule has 0 saturated carbocycles. The molecule has 2 atom stereocenters. The zero-order chi connectivity index (χ0) is 30.6. The molecule has 0 fully saturated rings. The maximum absolute atomic E-state index is 12.9. The lowest BCUT2D eigenvalue weighted by Gasteiger charge is -2.34. The van der Waals surface area contributed by atoms with E-state index in [2.05, 4.69) is 30.3 Å². The number of unbranched alkanes of at least 4 members (excludes halogenated alkanes) is 7. The van der Waals surface area contributed by atoms with Crippen LogP contribution in [0.15, 0.2) is 42.5 Å². The maximum Gasteiger partial charge on any atom is 0.453 e. The molecule has 2 aromatic carbocycles. The first-order chi connectivity index (χ1) is 20.0. The predicted octanol–water partition coefficient (Wildman–Crippen LogP) is 9.83. The highest BCUT2D eigenvalue weighted by Gasteiger charge is 2.56. The standard InChI is InChI=1S/C33H44F5NO2S/c1-41-27-17-19-29-26(23-27)16-18-28(24-12-14-25(15-13-24)31(39)40)30(29)11-8-6-4-2-3-5-7-9-21-42-22-10-20-32(34,35)33(36,37)38/h12-15,17,19,23,28,30H,2-11,16,18,20-22H2,1H3,(H2,39,40). The van der Waals surface area contributed by atoms with Crippen LogP contribution in [0.2, 0.25) is 0 Å². The van der Waals surface area contributed by atoms with Crippen molar-refractivity contribution in [3.8, 4) is 5.75 Å². The summed E-state index contributed by atoms with van der Waals surface area (Å²) in [6.45, 7) is 0. The Morgan fingerprint density at radius 2 is 1.50 bits per heavy atom. The molecule has 3 rings (SSSR count). The van der Waals surface area contributed by atoms with Crippen molar-refractivity contribution in [1.29, 1.82) is 0 Å². The minimum atomic E-state index is -5.45. The first-order valence-corrected chi connectivity index (χ1v) is 16.3. The maximum atomic E-state index is 12.9. The first kappa shape index (κ1) is 34.2. The summed E-state index contributed by atoms with van der Waals surface area (Å²) in [6, 6.07) is 14.2. The molecule has 1 aliphatic rings. The van der Waals surface area contributed by atoms with Crippen LogP contribution in [-0.2, 0) is 6.42 Å². The smallest absolute Gasteiger partial charge is 0.453 e. The Labute approximate surface area is 251 Å². The minimum Gasteiger partial charge on any atom is -0.497 e. The fourth-order valence-corrected chi connectivity index (χ4v) is 6.90. The summed E-state index contributed by atoms with van der Waals surface area (Å²) < 4.78 is 67.8. The summed E-state index contributed by atoms with van der Waals surface area (Å²) in [5.74, 6) is -2.15. The van der Waals surface area contributed by atoms with E-state index in [0.717, 1.165) is 62.9 Å². The molecule has 0 aliphatic heterocycles. The third-order valence-electron chi connectivity index (χ3n) is 8.33. The topological polar surface area (TPSA) is 52.3 Å². The van der Waals surface area contributed by atoms with Crippen molar-refractivity contribution in [3.05, 3.63) is 64.7 Å². The van der Waals surface area contributed by atoms with Gasteiger partial charge < -0.3 is 10.5 Å². The zero-order valence-electron chi connectivity index (χ0n) is 24.5. The van der Waals surface area contributed by atoms with Gasteiger partial charge in [0.05, 0.1) is 7.11 Å². The quantitative estimate of drug-likeness (QED) is 0.135. The second kappa shape index (κ2) is 16.5. The van der Waals surface area contributed by atoms with Gasteiger partial charge in [0.25, 0.3) is 0 Å². The van der Waals surface area contributed by atoms with Crippen molar-refractivity contribution in [1.82, 2.24) is 0 Å². The van der Waals surface area contributed by atoms with Gasteiger partial charge >= 0.3 is 12.1 Å². The van der Waals surface area contributed by atoms with E-state index in [0.29, 0.717) is 23.2 Å². The number of thioether (sulfide) groups is 1. The van der Waals surface area contributed by atoms with Gasteiger partial charge in [-0.05, 0) is 96.4 Å². The molecule has 0 bridgehead atoms. The normalized spacial score (nSPS) is 17.2. The second-order valence-corrected chi connectivity index (χ2v) is 12.6. The molecule has 9 heteroatoms. The van der Waals surface area contributed by atoms with Crippen molar-refractivity contribution >= 4 is 17.7 Å². The summed E-state index contributed by atoms with van der Waals surface area (Å²) in [6.07, 6.45) is 5.44. The van der Waals surface area contributed by atoms with E-state index in [4.69, 9.17) is 10.5 Å². The summed E-state index contributed by atoms with van der Waals surface area (Å²) in [7, 11) is 1.70. The number of carbonyl (C=O) groups excluding carboxylic acids is 1. The number of amides is 1. The lowest BCUT2D eigenvalue weighted by atomic mass is 9.70. The fourth-order valence-electron chi connectivity index (χ4n) is 5.94. The minimum absolute atomic E-state index is 0.125. The van der Waals surface area contributed by atoms with Gasteiger partial charge in [-0.15, -0.1) is 0 Å². The molecule has 3 nitrogen and oxygen atoms in total. The zero-order valence-corrected chi connectivity index (χ0v) is 25.3. The van der Waals surface area contributed by atoms with Gasteiger partial charge in [0.15, 0.2) is 0 Å². The number of aryl methyl sites for hydroxylation is 1. The van der Waals surface area contributed by atoms with Gasteiger partial charge in [0.2, 0.25) is 5.91 Å². The van der Waals surface area contributed by atoms with Crippen LogP contribution in [0.5, 0.6) is 5.75 Å². The molecule has 1 aliphatic carbocycles. The predicted molar refractivity (Wildman–Crippen MR) is 161 cm³/mol. The van der Waals surface area contributed by atoms with E-state index in [1.807, 2.05) is 12.1 Å². The molecule has 0 spiro atoms. The number of carbonyl (C=O) groups is 1. The third kappa shape index (κ3) is 10.2. The largest absolute Gasteiger partial charge is 0.497 e. The molecular formula is C33H44F5NO2S. The average Bonchev–Trinajstić information content (AvgIpc) is 2.96. The van der Waals surface area contributed by atoms with E-state index in [9.17, 15) is 26.7 Å². The summed E-state index contributed by atoms with van der Waals surface area (Å²) in [5, 5.41) is 0. The van der Waals surface area contributed by atoms with Gasteiger partial charge in [0, 0.05) is 12.0 Å². The fraction of sp³-hybridized carbons (Fsp3) is 0.606. The summed E-state index contributed by atoms with van der Waals surface area (Å²) in [5.41, 5.74) is 9.99. The Morgan fingerprint density at radius 3 is 2.12 bits per heavy atom. The number of primary amides is 1. The number of alkyl halides is 5. The van der Waals surface area contributed by atoms with Gasteiger partial charge in [0.1, 0.15) is 5.75 Å². The number of methoxy groups -OCH3 is 1. The molecule has 0 heterocycles. The van der Waals surface area contributed by atoms with Gasteiger partial charge in [-0.3, -0.25) is 4.79 Å². The van der Waals surface area contributed by atoms with Gasteiger partial charge in [-0.1, -0.05) is 63.1 Å². The van der Waals surface area contributed by atoms with Crippen molar-refractivity contribution in [3.63, 3.8) is 0 Å².